The van der Waals surface area contributed by atoms with Crippen LogP contribution in [0.25, 0.3) is 0 Å². The molecule has 0 atom stereocenters. The number of benzene rings is 2. The first kappa shape index (κ1) is 21.1. The van der Waals surface area contributed by atoms with E-state index in [1.54, 1.807) is 12.1 Å². The van der Waals surface area contributed by atoms with Crippen LogP contribution in [0.15, 0.2) is 48.5 Å². The molecule has 27 heavy (non-hydrogen) atoms. The van der Waals surface area contributed by atoms with Crippen LogP contribution >= 0.6 is 0 Å². The Morgan fingerprint density at radius 2 is 1.74 bits per heavy atom. The van der Waals surface area contributed by atoms with Crippen LogP contribution in [0, 0.1) is 12.7 Å². The van der Waals surface area contributed by atoms with Crippen molar-refractivity contribution >= 4 is 15.9 Å². The fraction of sp³-hybridized carbons (Fsp3) is 0.350. The molecule has 0 saturated carbocycles. The topological polar surface area (TPSA) is 66.5 Å². The van der Waals surface area contributed by atoms with Crippen LogP contribution in [0.3, 0.4) is 0 Å². The number of sulfonamides is 1. The van der Waals surface area contributed by atoms with Crippen molar-refractivity contribution in [3.8, 4) is 0 Å². The summed E-state index contributed by atoms with van der Waals surface area (Å²) in [6.07, 6.45) is 1.67. The molecule has 2 rings (SSSR count). The summed E-state index contributed by atoms with van der Waals surface area (Å²) in [6, 6.07) is 13.7. The highest BCUT2D eigenvalue weighted by atomic mass is 32.2. The molecule has 1 N–H and O–H groups in total. The zero-order valence-electron chi connectivity index (χ0n) is 15.6. The third kappa shape index (κ3) is 7.11. The predicted octanol–water partition coefficient (Wildman–Crippen LogP) is 2.64. The molecule has 0 radical (unpaired) electrons. The van der Waals surface area contributed by atoms with Gasteiger partial charge in [-0.1, -0.05) is 36.4 Å². The van der Waals surface area contributed by atoms with Gasteiger partial charge in [0.2, 0.25) is 15.9 Å². The summed E-state index contributed by atoms with van der Waals surface area (Å²) in [7, 11) is -3.43. The van der Waals surface area contributed by atoms with Crippen molar-refractivity contribution in [1.82, 2.24) is 9.62 Å². The van der Waals surface area contributed by atoms with Crippen LogP contribution in [-0.4, -0.2) is 38.0 Å². The molecule has 0 spiro atoms. The Kier molecular flexibility index (Phi) is 7.50. The smallest absolute Gasteiger partial charge is 0.221 e. The Bertz CT molecular complexity index is 867. The highest BCUT2D eigenvalue weighted by Crippen LogP contribution is 2.08. The molecule has 5 nitrogen and oxygen atoms in total. The second-order valence-corrected chi connectivity index (χ2v) is 8.47. The number of halogens is 1. The van der Waals surface area contributed by atoms with E-state index in [0.717, 1.165) is 22.9 Å². The average Bonchev–Trinajstić information content (AvgIpc) is 2.61. The standard InChI is InChI=1S/C20H25FN2O3S/c1-16-5-3-4-6-18(16)15-22-20(24)12-14-23(27(2,25)26)13-11-17-7-9-19(21)10-8-17/h3-10H,11-15H2,1-2H3,(H,22,24). The van der Waals surface area contributed by atoms with Crippen LogP contribution in [0.2, 0.25) is 0 Å². The quantitative estimate of drug-likeness (QED) is 0.713. The largest absolute Gasteiger partial charge is 0.352 e. The number of nitrogens with zero attached hydrogens (tertiary/aromatic N) is 1. The lowest BCUT2D eigenvalue weighted by atomic mass is 10.1. The monoisotopic (exact) mass is 392 g/mol. The van der Waals surface area contributed by atoms with Crippen LogP contribution in [-0.2, 0) is 27.8 Å². The van der Waals surface area contributed by atoms with Crippen molar-refractivity contribution in [2.24, 2.45) is 0 Å². The molecule has 0 aliphatic carbocycles. The van der Waals surface area contributed by atoms with Gasteiger partial charge in [-0.15, -0.1) is 0 Å². The van der Waals surface area contributed by atoms with Crippen LogP contribution in [0.1, 0.15) is 23.1 Å². The summed E-state index contributed by atoms with van der Waals surface area (Å²) in [5.74, 6) is -0.530. The average molecular weight is 392 g/mol. The van der Waals surface area contributed by atoms with E-state index in [1.807, 2.05) is 31.2 Å². The summed E-state index contributed by atoms with van der Waals surface area (Å²) >= 11 is 0. The SMILES string of the molecule is Cc1ccccc1CNC(=O)CCN(CCc1ccc(F)cc1)S(C)(=O)=O. The van der Waals surface area contributed by atoms with E-state index in [2.05, 4.69) is 5.32 Å². The summed E-state index contributed by atoms with van der Waals surface area (Å²) < 4.78 is 38.2. The van der Waals surface area contributed by atoms with Crippen molar-refractivity contribution in [2.45, 2.75) is 26.3 Å². The maximum atomic E-state index is 13.0. The van der Waals surface area contributed by atoms with E-state index in [0.29, 0.717) is 13.0 Å². The molecule has 0 aliphatic heterocycles. The van der Waals surface area contributed by atoms with Crippen LogP contribution in [0.4, 0.5) is 4.39 Å². The first-order valence-corrected chi connectivity index (χ1v) is 10.6. The Morgan fingerprint density at radius 3 is 2.37 bits per heavy atom. The molecule has 7 heteroatoms. The van der Waals surface area contributed by atoms with Crippen molar-refractivity contribution in [3.05, 3.63) is 71.0 Å². The van der Waals surface area contributed by atoms with E-state index in [-0.39, 0.29) is 31.2 Å². The minimum atomic E-state index is -3.43. The molecule has 1 amide bonds. The van der Waals surface area contributed by atoms with E-state index >= 15 is 0 Å². The second kappa shape index (κ2) is 9.62. The molecular weight excluding hydrogens is 367 g/mol. The second-order valence-electron chi connectivity index (χ2n) is 6.49. The number of nitrogens with one attached hydrogen (secondary N) is 1. The Hall–Kier alpha value is -2.25. The lowest BCUT2D eigenvalue weighted by Crippen LogP contribution is -2.36. The lowest BCUT2D eigenvalue weighted by molar-refractivity contribution is -0.121. The highest BCUT2D eigenvalue weighted by molar-refractivity contribution is 7.88. The molecular formula is C20H25FN2O3S. The van der Waals surface area contributed by atoms with Gasteiger partial charge in [0.1, 0.15) is 5.82 Å². The highest BCUT2D eigenvalue weighted by Gasteiger charge is 2.17. The molecule has 2 aromatic carbocycles. The van der Waals surface area contributed by atoms with E-state index in [4.69, 9.17) is 0 Å². The van der Waals surface area contributed by atoms with Gasteiger partial charge in [0.05, 0.1) is 6.26 Å². The predicted molar refractivity (Wildman–Crippen MR) is 104 cm³/mol. The van der Waals surface area contributed by atoms with E-state index in [9.17, 15) is 17.6 Å². The minimum absolute atomic E-state index is 0.0857. The number of hydrogen-bond donors (Lipinski definition) is 1. The number of carbonyl (C=O) groups excluding carboxylic acids is 1. The van der Waals surface area contributed by atoms with Crippen molar-refractivity contribution in [3.63, 3.8) is 0 Å². The van der Waals surface area contributed by atoms with Gasteiger partial charge in [0.15, 0.2) is 0 Å². The van der Waals surface area contributed by atoms with Gasteiger partial charge in [-0.3, -0.25) is 4.79 Å². The molecule has 0 bridgehead atoms. The van der Waals surface area contributed by atoms with Crippen LogP contribution in [0.5, 0.6) is 0 Å². The lowest BCUT2D eigenvalue weighted by Gasteiger charge is -2.20. The van der Waals surface area contributed by atoms with Gasteiger partial charge in [0, 0.05) is 26.1 Å². The molecule has 0 unspecified atom stereocenters. The van der Waals surface area contributed by atoms with Gasteiger partial charge >= 0.3 is 0 Å². The number of aryl methyl sites for hydroxylation is 1. The third-order valence-corrected chi connectivity index (χ3v) is 5.66. The van der Waals surface area contributed by atoms with Gasteiger partial charge in [-0.25, -0.2) is 17.1 Å². The summed E-state index contributed by atoms with van der Waals surface area (Å²) in [6.45, 7) is 2.75. The number of amides is 1. The summed E-state index contributed by atoms with van der Waals surface area (Å²) in [5.41, 5.74) is 2.96. The maximum absolute atomic E-state index is 13.0. The molecule has 2 aromatic rings. The van der Waals surface area contributed by atoms with Crippen LogP contribution < -0.4 is 5.32 Å². The summed E-state index contributed by atoms with van der Waals surface area (Å²) in [4.78, 5) is 12.1. The maximum Gasteiger partial charge on any atom is 0.221 e. The Balaban J connectivity index is 1.85. The third-order valence-electron chi connectivity index (χ3n) is 4.36. The van der Waals surface area contributed by atoms with Gasteiger partial charge in [0.25, 0.3) is 0 Å². The summed E-state index contributed by atoms with van der Waals surface area (Å²) in [5, 5.41) is 2.82. The molecule has 0 fully saturated rings. The Labute approximate surface area is 160 Å². The number of hydrogen-bond acceptors (Lipinski definition) is 3. The van der Waals surface area contributed by atoms with Crippen molar-refractivity contribution in [1.29, 1.82) is 0 Å². The fourth-order valence-electron chi connectivity index (χ4n) is 2.67. The molecule has 146 valence electrons. The first-order valence-electron chi connectivity index (χ1n) is 8.76. The number of rotatable bonds is 9. The number of carbonyl (C=O) groups is 1. The Morgan fingerprint density at radius 1 is 1.07 bits per heavy atom. The van der Waals surface area contributed by atoms with Gasteiger partial charge in [-0.2, -0.15) is 0 Å². The van der Waals surface area contributed by atoms with Gasteiger partial charge < -0.3 is 5.32 Å². The first-order chi connectivity index (χ1) is 12.8. The van der Waals surface area contributed by atoms with Crippen molar-refractivity contribution in [2.75, 3.05) is 19.3 Å². The minimum Gasteiger partial charge on any atom is -0.352 e. The fourth-order valence-corrected chi connectivity index (χ4v) is 3.51. The normalized spacial score (nSPS) is 11.6. The zero-order chi connectivity index (χ0) is 19.9. The van der Waals surface area contributed by atoms with Crippen molar-refractivity contribution < 1.29 is 17.6 Å². The van der Waals surface area contributed by atoms with E-state index < -0.39 is 10.0 Å². The molecule has 0 aliphatic rings. The molecule has 0 saturated heterocycles. The van der Waals surface area contributed by atoms with Gasteiger partial charge in [-0.05, 0) is 42.2 Å². The molecule has 0 heterocycles. The zero-order valence-corrected chi connectivity index (χ0v) is 16.4. The van der Waals surface area contributed by atoms with E-state index in [1.165, 1.54) is 16.4 Å². The molecule has 0 aromatic heterocycles.